The summed E-state index contributed by atoms with van der Waals surface area (Å²) in [5.74, 6) is 0. The molecule has 0 saturated carbocycles. The number of hydrogen-bond acceptors (Lipinski definition) is 4. The minimum absolute atomic E-state index is 0.173. The first-order valence-corrected chi connectivity index (χ1v) is 8.06. The molecular weight excluding hydrogens is 312 g/mol. The van der Waals surface area contributed by atoms with E-state index in [1.54, 1.807) is 34.7 Å². The van der Waals surface area contributed by atoms with Crippen LogP contribution in [-0.2, 0) is 5.41 Å². The summed E-state index contributed by atoms with van der Waals surface area (Å²) in [7, 11) is 0. The zero-order valence-electron chi connectivity index (χ0n) is 14.1. The molecule has 6 heteroatoms. The van der Waals surface area contributed by atoms with E-state index in [1.165, 1.54) is 11.1 Å². The largest absolute Gasteiger partial charge is 0.223 e. The van der Waals surface area contributed by atoms with Gasteiger partial charge in [0.1, 0.15) is 25.3 Å². The normalized spacial score (nSPS) is 11.6. The van der Waals surface area contributed by atoms with Crippen molar-refractivity contribution in [1.29, 1.82) is 0 Å². The van der Waals surface area contributed by atoms with Gasteiger partial charge < -0.3 is 0 Å². The van der Waals surface area contributed by atoms with E-state index in [2.05, 4.69) is 70.4 Å². The number of aromatic nitrogens is 6. The van der Waals surface area contributed by atoms with Gasteiger partial charge in [-0.2, -0.15) is 10.2 Å². The molecule has 0 saturated heterocycles. The highest BCUT2D eigenvalue weighted by molar-refractivity contribution is 5.46. The Bertz CT molecular complexity index is 891. The van der Waals surface area contributed by atoms with Gasteiger partial charge in [-0.1, -0.05) is 38.1 Å². The molecule has 0 fully saturated rings. The predicted octanol–water partition coefficient (Wildman–Crippen LogP) is 3.17. The van der Waals surface area contributed by atoms with Gasteiger partial charge in [-0.15, -0.1) is 0 Å². The zero-order chi connectivity index (χ0) is 17.3. The highest BCUT2D eigenvalue weighted by Crippen LogP contribution is 2.33. The van der Waals surface area contributed by atoms with Crippen LogP contribution < -0.4 is 0 Å². The molecule has 0 aliphatic heterocycles. The first-order chi connectivity index (χ1) is 12.1. The van der Waals surface area contributed by atoms with Gasteiger partial charge >= 0.3 is 0 Å². The summed E-state index contributed by atoms with van der Waals surface area (Å²) in [4.78, 5) is 8.05. The van der Waals surface area contributed by atoms with E-state index in [1.807, 2.05) is 12.1 Å². The molecule has 2 heterocycles. The molecule has 0 radical (unpaired) electrons. The number of nitrogens with zero attached hydrogens (tertiary/aromatic N) is 6. The van der Waals surface area contributed by atoms with Gasteiger partial charge in [0, 0.05) is 5.41 Å². The summed E-state index contributed by atoms with van der Waals surface area (Å²) >= 11 is 0. The van der Waals surface area contributed by atoms with Crippen molar-refractivity contribution in [3.05, 3.63) is 85.0 Å². The third-order valence-corrected chi connectivity index (χ3v) is 4.50. The fourth-order valence-corrected chi connectivity index (χ4v) is 2.92. The first kappa shape index (κ1) is 15.3. The second-order valence-electron chi connectivity index (χ2n) is 6.41. The summed E-state index contributed by atoms with van der Waals surface area (Å²) in [5.41, 5.74) is 4.23. The highest BCUT2D eigenvalue weighted by Gasteiger charge is 2.24. The van der Waals surface area contributed by atoms with E-state index in [0.29, 0.717) is 0 Å². The van der Waals surface area contributed by atoms with Crippen LogP contribution in [0.5, 0.6) is 0 Å². The van der Waals surface area contributed by atoms with Crippen molar-refractivity contribution < 1.29 is 0 Å². The molecule has 0 N–H and O–H groups in total. The molecular formula is C19H18N6. The third-order valence-electron chi connectivity index (χ3n) is 4.50. The Morgan fingerprint density at radius 3 is 1.60 bits per heavy atom. The Kier molecular flexibility index (Phi) is 3.65. The van der Waals surface area contributed by atoms with Crippen molar-refractivity contribution in [3.8, 4) is 11.4 Å². The van der Waals surface area contributed by atoms with Crippen molar-refractivity contribution in [1.82, 2.24) is 29.5 Å². The molecule has 4 aromatic rings. The summed E-state index contributed by atoms with van der Waals surface area (Å²) in [6.07, 6.45) is 6.49. The fraction of sp³-hybridized carbons (Fsp3) is 0.158. The second-order valence-corrected chi connectivity index (χ2v) is 6.41. The lowest BCUT2D eigenvalue weighted by Gasteiger charge is -2.27. The quantitative estimate of drug-likeness (QED) is 0.576. The Balaban J connectivity index is 1.75. The van der Waals surface area contributed by atoms with Crippen molar-refractivity contribution >= 4 is 0 Å². The minimum Gasteiger partial charge on any atom is -0.223 e. The van der Waals surface area contributed by atoms with Crippen LogP contribution in [0.2, 0.25) is 0 Å². The van der Waals surface area contributed by atoms with Gasteiger partial charge in [-0.05, 0) is 35.4 Å². The summed E-state index contributed by atoms with van der Waals surface area (Å²) < 4.78 is 3.54. The second kappa shape index (κ2) is 5.98. The third kappa shape index (κ3) is 2.82. The van der Waals surface area contributed by atoms with E-state index in [0.717, 1.165) is 11.4 Å². The van der Waals surface area contributed by atoms with E-state index >= 15 is 0 Å². The number of rotatable bonds is 4. The lowest BCUT2D eigenvalue weighted by Crippen LogP contribution is -2.19. The molecule has 0 atom stereocenters. The maximum atomic E-state index is 4.22. The number of hydrogen-bond donors (Lipinski definition) is 0. The molecule has 0 aliphatic rings. The molecule has 0 aliphatic carbocycles. The Hall–Kier alpha value is -3.28. The van der Waals surface area contributed by atoms with E-state index in [4.69, 9.17) is 0 Å². The first-order valence-electron chi connectivity index (χ1n) is 8.06. The maximum Gasteiger partial charge on any atom is 0.138 e. The molecule has 6 nitrogen and oxygen atoms in total. The maximum absolute atomic E-state index is 4.22. The Labute approximate surface area is 145 Å². The average molecular weight is 330 g/mol. The number of benzene rings is 2. The summed E-state index contributed by atoms with van der Waals surface area (Å²) in [5, 5.41) is 8.43. The van der Waals surface area contributed by atoms with Gasteiger partial charge in [0.2, 0.25) is 0 Å². The van der Waals surface area contributed by atoms with Crippen molar-refractivity contribution in [2.45, 2.75) is 19.3 Å². The van der Waals surface area contributed by atoms with Crippen LogP contribution in [0.15, 0.2) is 73.8 Å². The minimum atomic E-state index is -0.173. The van der Waals surface area contributed by atoms with Crippen LogP contribution in [0.4, 0.5) is 0 Å². The Morgan fingerprint density at radius 1 is 0.720 bits per heavy atom. The van der Waals surface area contributed by atoms with Crippen LogP contribution >= 0.6 is 0 Å². The average Bonchev–Trinajstić information content (AvgIpc) is 3.36. The van der Waals surface area contributed by atoms with Crippen LogP contribution in [0.3, 0.4) is 0 Å². The molecule has 2 aromatic carbocycles. The van der Waals surface area contributed by atoms with Gasteiger partial charge in [-0.3, -0.25) is 0 Å². The van der Waals surface area contributed by atoms with Crippen LogP contribution in [0, 0.1) is 0 Å². The smallest absolute Gasteiger partial charge is 0.138 e. The monoisotopic (exact) mass is 330 g/mol. The van der Waals surface area contributed by atoms with Crippen molar-refractivity contribution in [3.63, 3.8) is 0 Å². The molecule has 0 unspecified atom stereocenters. The van der Waals surface area contributed by atoms with Crippen molar-refractivity contribution in [2.24, 2.45) is 0 Å². The van der Waals surface area contributed by atoms with E-state index in [9.17, 15) is 0 Å². The van der Waals surface area contributed by atoms with Gasteiger partial charge in [-0.25, -0.2) is 19.3 Å². The fourth-order valence-electron chi connectivity index (χ4n) is 2.92. The summed E-state index contributed by atoms with van der Waals surface area (Å²) in [6, 6.07) is 16.7. The Morgan fingerprint density at radius 2 is 1.20 bits per heavy atom. The molecule has 124 valence electrons. The molecule has 0 amide bonds. The standard InChI is InChI=1S/C19H18N6/c1-19(2,15-5-3-7-17(9-15)24-13-20-11-22-24)16-6-4-8-18(10-16)25-14-21-12-23-25/h3-14H,1-2H3. The lowest BCUT2D eigenvalue weighted by atomic mass is 9.78. The van der Waals surface area contributed by atoms with E-state index < -0.39 is 0 Å². The van der Waals surface area contributed by atoms with Crippen LogP contribution in [0.1, 0.15) is 25.0 Å². The predicted molar refractivity (Wildman–Crippen MR) is 94.8 cm³/mol. The van der Waals surface area contributed by atoms with Crippen molar-refractivity contribution in [2.75, 3.05) is 0 Å². The molecule has 0 spiro atoms. The van der Waals surface area contributed by atoms with Crippen LogP contribution in [0.25, 0.3) is 11.4 Å². The molecule has 4 rings (SSSR count). The zero-order valence-corrected chi connectivity index (χ0v) is 14.1. The lowest BCUT2D eigenvalue weighted by molar-refractivity contribution is 0.638. The topological polar surface area (TPSA) is 61.4 Å². The highest BCUT2D eigenvalue weighted by atomic mass is 15.3. The van der Waals surface area contributed by atoms with Crippen LogP contribution in [-0.4, -0.2) is 29.5 Å². The molecule has 2 aromatic heterocycles. The van der Waals surface area contributed by atoms with Gasteiger partial charge in [0.25, 0.3) is 0 Å². The summed E-state index contributed by atoms with van der Waals surface area (Å²) in [6.45, 7) is 4.43. The van der Waals surface area contributed by atoms with Gasteiger partial charge in [0.05, 0.1) is 11.4 Å². The van der Waals surface area contributed by atoms with E-state index in [-0.39, 0.29) is 5.41 Å². The molecule has 25 heavy (non-hydrogen) atoms. The van der Waals surface area contributed by atoms with Gasteiger partial charge in [0.15, 0.2) is 0 Å². The SMILES string of the molecule is CC(C)(c1cccc(-n2cncn2)c1)c1cccc(-n2cncn2)c1. The molecule has 0 bridgehead atoms.